The molecule has 5 nitrogen and oxygen atoms in total. The molecule has 2 aliphatic rings. The quantitative estimate of drug-likeness (QED) is 0.659. The second-order valence-corrected chi connectivity index (χ2v) is 9.00. The highest BCUT2D eigenvalue weighted by molar-refractivity contribution is 5.87. The number of halogens is 3. The molecule has 2 fully saturated rings. The highest BCUT2D eigenvalue weighted by Gasteiger charge is 2.52. The van der Waals surface area contributed by atoms with E-state index in [1.807, 2.05) is 30.3 Å². The number of alkyl halides is 3. The number of carboxylic acids is 1. The van der Waals surface area contributed by atoms with Crippen LogP contribution in [0.1, 0.15) is 46.7 Å². The molecule has 0 spiro atoms. The van der Waals surface area contributed by atoms with E-state index in [0.29, 0.717) is 13.0 Å². The molecule has 1 N–H and O–H groups in total. The Hall–Kier alpha value is -2.87. The molecule has 1 amide bonds. The number of carbonyl (C=O) groups excluding carboxylic acids is 1. The van der Waals surface area contributed by atoms with Gasteiger partial charge in [-0.05, 0) is 61.5 Å². The lowest BCUT2D eigenvalue weighted by Gasteiger charge is -2.35. The maximum Gasteiger partial charge on any atom is 0.471 e. The highest BCUT2D eigenvalue weighted by Crippen LogP contribution is 2.46. The maximum absolute atomic E-state index is 13.3. The number of hydrogen-bond donors (Lipinski definition) is 1. The van der Waals surface area contributed by atoms with Gasteiger partial charge in [0.1, 0.15) is 0 Å². The third kappa shape index (κ3) is 5.74. The normalized spacial score (nSPS) is 21.5. The molecule has 0 aromatic heterocycles. The molecule has 8 heteroatoms. The van der Waals surface area contributed by atoms with Gasteiger partial charge in [-0.1, -0.05) is 42.5 Å². The van der Waals surface area contributed by atoms with E-state index < -0.39 is 24.1 Å². The monoisotopic (exact) mass is 460 g/mol. The molecule has 1 saturated carbocycles. The van der Waals surface area contributed by atoms with Gasteiger partial charge in [-0.25, -0.2) is 4.79 Å². The maximum atomic E-state index is 13.3. The zero-order valence-corrected chi connectivity index (χ0v) is 18.2. The van der Waals surface area contributed by atoms with E-state index in [4.69, 9.17) is 5.11 Å². The lowest BCUT2D eigenvalue weighted by atomic mass is 9.95. The van der Waals surface area contributed by atoms with Gasteiger partial charge in [-0.3, -0.25) is 9.69 Å². The number of amides is 1. The molecule has 1 aliphatic carbocycles. The van der Waals surface area contributed by atoms with Crippen molar-refractivity contribution in [3.05, 3.63) is 71.3 Å². The van der Waals surface area contributed by atoms with Crippen molar-refractivity contribution in [3.8, 4) is 0 Å². The summed E-state index contributed by atoms with van der Waals surface area (Å²) < 4.78 is 40.0. The van der Waals surface area contributed by atoms with Crippen LogP contribution < -0.4 is 0 Å². The first-order valence-corrected chi connectivity index (χ1v) is 11.2. The first-order valence-electron chi connectivity index (χ1n) is 11.2. The van der Waals surface area contributed by atoms with Gasteiger partial charge in [0, 0.05) is 25.0 Å². The summed E-state index contributed by atoms with van der Waals surface area (Å²) in [6.07, 6.45) is -2.86. The van der Waals surface area contributed by atoms with Crippen LogP contribution in [-0.2, 0) is 11.3 Å². The average molecular weight is 460 g/mol. The Bertz CT molecular complexity index is 971. The Morgan fingerprint density at radius 3 is 2.21 bits per heavy atom. The van der Waals surface area contributed by atoms with Crippen LogP contribution in [0.4, 0.5) is 13.2 Å². The topological polar surface area (TPSA) is 60.9 Å². The Labute approximate surface area is 190 Å². The van der Waals surface area contributed by atoms with Gasteiger partial charge in [0.05, 0.1) is 5.56 Å². The van der Waals surface area contributed by atoms with Crippen LogP contribution in [-0.4, -0.2) is 58.6 Å². The van der Waals surface area contributed by atoms with Crippen molar-refractivity contribution in [2.75, 3.05) is 19.6 Å². The van der Waals surface area contributed by atoms with Crippen molar-refractivity contribution in [2.24, 2.45) is 5.92 Å². The summed E-state index contributed by atoms with van der Waals surface area (Å²) in [4.78, 5) is 26.5. The van der Waals surface area contributed by atoms with E-state index in [0.717, 1.165) is 42.0 Å². The molecule has 176 valence electrons. The molecule has 1 heterocycles. The van der Waals surface area contributed by atoms with Crippen molar-refractivity contribution in [1.82, 2.24) is 9.80 Å². The number of aromatic carboxylic acids is 1. The molecule has 33 heavy (non-hydrogen) atoms. The molecule has 2 aromatic carbocycles. The van der Waals surface area contributed by atoms with Gasteiger partial charge < -0.3 is 10.0 Å². The van der Waals surface area contributed by atoms with Crippen molar-refractivity contribution >= 4 is 11.9 Å². The van der Waals surface area contributed by atoms with Crippen LogP contribution >= 0.6 is 0 Å². The Morgan fingerprint density at radius 2 is 1.64 bits per heavy atom. The number of nitrogens with zero attached hydrogens (tertiary/aromatic N) is 2. The fraction of sp³-hybridized carbons (Fsp3) is 0.440. The Kier molecular flexibility index (Phi) is 6.74. The number of rotatable bonds is 7. The molecular formula is C25H27F3N2O3. The predicted molar refractivity (Wildman–Crippen MR) is 117 cm³/mol. The van der Waals surface area contributed by atoms with Crippen LogP contribution in [0.15, 0.2) is 54.6 Å². The number of carboxylic acid groups (broad SMARTS) is 1. The average Bonchev–Trinajstić information content (AvgIpc) is 3.59. The van der Waals surface area contributed by atoms with E-state index in [9.17, 15) is 22.8 Å². The van der Waals surface area contributed by atoms with E-state index in [2.05, 4.69) is 4.90 Å². The third-order valence-corrected chi connectivity index (χ3v) is 6.66. The summed E-state index contributed by atoms with van der Waals surface area (Å²) in [6, 6.07) is 15.7. The van der Waals surface area contributed by atoms with Gasteiger partial charge >= 0.3 is 18.1 Å². The zero-order valence-electron chi connectivity index (χ0n) is 18.2. The van der Waals surface area contributed by atoms with Gasteiger partial charge in [-0.15, -0.1) is 0 Å². The number of carbonyl (C=O) groups is 2. The standard InChI is InChI=1S/C25H27F3N2O3/c26-25(27,28)24(33)30(22-14-21(22)19-4-2-1-3-5-19)16-18-10-12-29(13-11-18)15-17-6-8-20(9-7-17)23(31)32/h1-9,18,21-22H,10-16H2,(H,31,32). The van der Waals surface area contributed by atoms with Gasteiger partial charge in [-0.2, -0.15) is 13.2 Å². The van der Waals surface area contributed by atoms with Crippen LogP contribution in [0.5, 0.6) is 0 Å². The summed E-state index contributed by atoms with van der Waals surface area (Å²) in [5, 5.41) is 9.00. The molecule has 1 aliphatic heterocycles. The van der Waals surface area contributed by atoms with E-state index in [1.165, 1.54) is 0 Å². The summed E-state index contributed by atoms with van der Waals surface area (Å²) >= 11 is 0. The first-order chi connectivity index (χ1) is 15.7. The number of piperidine rings is 1. The minimum atomic E-state index is -4.87. The fourth-order valence-electron chi connectivity index (χ4n) is 4.73. The van der Waals surface area contributed by atoms with Crippen molar-refractivity contribution in [1.29, 1.82) is 0 Å². The number of hydrogen-bond acceptors (Lipinski definition) is 3. The molecule has 0 bridgehead atoms. The lowest BCUT2D eigenvalue weighted by Crippen LogP contribution is -2.47. The summed E-state index contributed by atoms with van der Waals surface area (Å²) in [5.74, 6) is -2.71. The van der Waals surface area contributed by atoms with Crippen LogP contribution in [0.2, 0.25) is 0 Å². The van der Waals surface area contributed by atoms with Gasteiger partial charge in [0.2, 0.25) is 0 Å². The van der Waals surface area contributed by atoms with Crippen LogP contribution in [0.25, 0.3) is 0 Å². The second kappa shape index (κ2) is 9.55. The van der Waals surface area contributed by atoms with Crippen molar-refractivity contribution in [2.45, 2.75) is 43.9 Å². The molecule has 2 atom stereocenters. The Balaban J connectivity index is 1.34. The smallest absolute Gasteiger partial charge is 0.471 e. The third-order valence-electron chi connectivity index (χ3n) is 6.66. The van der Waals surface area contributed by atoms with Gasteiger partial charge in [0.15, 0.2) is 0 Å². The largest absolute Gasteiger partial charge is 0.478 e. The molecule has 0 radical (unpaired) electrons. The molecule has 2 unspecified atom stereocenters. The predicted octanol–water partition coefficient (Wildman–Crippen LogP) is 4.54. The number of likely N-dealkylation sites (tertiary alicyclic amines) is 1. The minimum Gasteiger partial charge on any atom is -0.478 e. The molecular weight excluding hydrogens is 433 g/mol. The van der Waals surface area contributed by atoms with Crippen molar-refractivity contribution in [3.63, 3.8) is 0 Å². The van der Waals surface area contributed by atoms with E-state index in [1.54, 1.807) is 24.3 Å². The summed E-state index contributed by atoms with van der Waals surface area (Å²) in [7, 11) is 0. The number of benzene rings is 2. The summed E-state index contributed by atoms with van der Waals surface area (Å²) in [6.45, 7) is 2.25. The Morgan fingerprint density at radius 1 is 1.00 bits per heavy atom. The second-order valence-electron chi connectivity index (χ2n) is 9.00. The minimum absolute atomic E-state index is 0.0268. The highest BCUT2D eigenvalue weighted by atomic mass is 19.4. The van der Waals surface area contributed by atoms with E-state index >= 15 is 0 Å². The SMILES string of the molecule is O=C(O)c1ccc(CN2CCC(CN(C(=O)C(F)(F)F)C3CC3c3ccccc3)CC2)cc1. The molecule has 1 saturated heterocycles. The van der Waals surface area contributed by atoms with Crippen molar-refractivity contribution < 1.29 is 27.9 Å². The molecule has 2 aromatic rings. The zero-order chi connectivity index (χ0) is 23.6. The van der Waals surface area contributed by atoms with Crippen LogP contribution in [0.3, 0.4) is 0 Å². The summed E-state index contributed by atoms with van der Waals surface area (Å²) in [5.41, 5.74) is 2.21. The first kappa shape index (κ1) is 23.3. The lowest BCUT2D eigenvalue weighted by molar-refractivity contribution is -0.187. The molecule has 4 rings (SSSR count). The van der Waals surface area contributed by atoms with E-state index in [-0.39, 0.29) is 23.9 Å². The van der Waals surface area contributed by atoms with Crippen LogP contribution in [0, 0.1) is 5.92 Å². The fourth-order valence-corrected chi connectivity index (χ4v) is 4.73. The van der Waals surface area contributed by atoms with Gasteiger partial charge in [0.25, 0.3) is 0 Å².